The Kier molecular flexibility index (Phi) is 2.01. The molecule has 1 spiro atoms. The van der Waals surface area contributed by atoms with Gasteiger partial charge >= 0.3 is 0 Å². The Morgan fingerprint density at radius 2 is 2.08 bits per heavy atom. The smallest absolute Gasteiger partial charge is 0.155 e. The molecule has 0 unspecified atom stereocenters. The van der Waals surface area contributed by atoms with Gasteiger partial charge in [-0.2, -0.15) is 0 Å². The van der Waals surface area contributed by atoms with Crippen molar-refractivity contribution in [3.63, 3.8) is 0 Å². The molecule has 2 nitrogen and oxygen atoms in total. The number of rotatable bonds is 0. The van der Waals surface area contributed by atoms with Crippen molar-refractivity contribution in [1.82, 2.24) is 0 Å². The number of ketones is 1. The maximum atomic E-state index is 11.2. The number of hydrogen-bond acceptors (Lipinski definition) is 2. The summed E-state index contributed by atoms with van der Waals surface area (Å²) in [5, 5.41) is 0. The minimum absolute atomic E-state index is 0.268. The monoisotopic (exact) mass is 166 g/mol. The quantitative estimate of drug-likeness (QED) is 0.547. The van der Waals surface area contributed by atoms with E-state index in [1.54, 1.807) is 6.08 Å². The minimum atomic E-state index is 0.268. The van der Waals surface area contributed by atoms with Gasteiger partial charge in [-0.3, -0.25) is 4.79 Å². The molecule has 1 heterocycles. The van der Waals surface area contributed by atoms with E-state index < -0.39 is 0 Å². The maximum absolute atomic E-state index is 11.2. The molecule has 1 saturated heterocycles. The molecule has 0 amide bonds. The van der Waals surface area contributed by atoms with Crippen LogP contribution >= 0.6 is 0 Å². The topological polar surface area (TPSA) is 26.3 Å². The van der Waals surface area contributed by atoms with E-state index >= 15 is 0 Å². The van der Waals surface area contributed by atoms with Crippen LogP contribution in [0.25, 0.3) is 0 Å². The molecule has 1 aliphatic carbocycles. The molecule has 0 N–H and O–H groups in total. The van der Waals surface area contributed by atoms with Gasteiger partial charge in [0.1, 0.15) is 0 Å². The lowest BCUT2D eigenvalue weighted by molar-refractivity contribution is -0.119. The lowest BCUT2D eigenvalue weighted by Crippen LogP contribution is -2.32. The molecule has 0 aromatic rings. The van der Waals surface area contributed by atoms with Crippen LogP contribution in [0.15, 0.2) is 12.2 Å². The van der Waals surface area contributed by atoms with E-state index in [0.29, 0.717) is 5.78 Å². The van der Waals surface area contributed by atoms with E-state index in [4.69, 9.17) is 4.74 Å². The van der Waals surface area contributed by atoms with Gasteiger partial charge < -0.3 is 4.74 Å². The predicted molar refractivity (Wildman–Crippen MR) is 45.9 cm³/mol. The normalized spacial score (nSPS) is 27.8. The minimum Gasteiger partial charge on any atom is -0.381 e. The zero-order chi connectivity index (χ0) is 8.44. The van der Waals surface area contributed by atoms with Gasteiger partial charge in [-0.05, 0) is 30.8 Å². The van der Waals surface area contributed by atoms with Gasteiger partial charge in [0.25, 0.3) is 0 Å². The van der Waals surface area contributed by atoms with Gasteiger partial charge in [0.15, 0.2) is 5.78 Å². The van der Waals surface area contributed by atoms with Gasteiger partial charge in [0, 0.05) is 19.6 Å². The van der Waals surface area contributed by atoms with Crippen LogP contribution in [-0.2, 0) is 9.53 Å². The van der Waals surface area contributed by atoms with Crippen LogP contribution < -0.4 is 0 Å². The summed E-state index contributed by atoms with van der Waals surface area (Å²) in [4.78, 5) is 11.2. The highest BCUT2D eigenvalue weighted by atomic mass is 16.5. The molecule has 2 aliphatic rings. The van der Waals surface area contributed by atoms with Crippen molar-refractivity contribution in [2.45, 2.75) is 25.7 Å². The molecule has 12 heavy (non-hydrogen) atoms. The van der Waals surface area contributed by atoms with Crippen LogP contribution in [0.1, 0.15) is 25.7 Å². The van der Waals surface area contributed by atoms with Gasteiger partial charge in [-0.1, -0.05) is 6.08 Å². The van der Waals surface area contributed by atoms with Crippen molar-refractivity contribution in [2.24, 2.45) is 5.41 Å². The molecule has 0 atom stereocenters. The average molecular weight is 166 g/mol. The fraction of sp³-hybridized carbons (Fsp3) is 0.700. The molecule has 0 aromatic heterocycles. The molecule has 1 fully saturated rings. The largest absolute Gasteiger partial charge is 0.381 e. The fourth-order valence-electron chi connectivity index (χ4n) is 2.13. The summed E-state index contributed by atoms with van der Waals surface area (Å²) in [5.41, 5.74) is 0.268. The molecule has 0 radical (unpaired) electrons. The standard InChI is InChI=1S/C10H14O2/c11-9-2-1-3-10(8-9)4-6-12-7-5-10/h1-2H,3-8H2. The van der Waals surface area contributed by atoms with Crippen molar-refractivity contribution >= 4 is 5.78 Å². The summed E-state index contributed by atoms with van der Waals surface area (Å²) in [6.45, 7) is 1.67. The van der Waals surface area contributed by atoms with Gasteiger partial charge in [-0.25, -0.2) is 0 Å². The molecule has 0 saturated carbocycles. The molecule has 1 aliphatic heterocycles. The van der Waals surface area contributed by atoms with E-state index in [2.05, 4.69) is 0 Å². The van der Waals surface area contributed by atoms with E-state index in [1.165, 1.54) is 0 Å². The zero-order valence-electron chi connectivity index (χ0n) is 7.21. The summed E-state index contributed by atoms with van der Waals surface area (Å²) >= 11 is 0. The van der Waals surface area contributed by atoms with E-state index in [0.717, 1.165) is 38.9 Å². The molecule has 66 valence electrons. The first-order chi connectivity index (χ1) is 5.81. The summed E-state index contributed by atoms with van der Waals surface area (Å²) in [5.74, 6) is 0.295. The number of allylic oxidation sites excluding steroid dienone is 2. The Bertz CT molecular complexity index is 212. The third-order valence-corrected chi connectivity index (χ3v) is 2.96. The second-order valence-electron chi connectivity index (χ2n) is 3.86. The van der Waals surface area contributed by atoms with Crippen LogP contribution in [-0.4, -0.2) is 19.0 Å². The van der Waals surface area contributed by atoms with Gasteiger partial charge in [0.05, 0.1) is 0 Å². The highest BCUT2D eigenvalue weighted by Gasteiger charge is 2.34. The number of carbonyl (C=O) groups excluding carboxylic acids is 1. The predicted octanol–water partition coefficient (Wildman–Crippen LogP) is 1.70. The summed E-state index contributed by atoms with van der Waals surface area (Å²) in [6, 6.07) is 0. The van der Waals surface area contributed by atoms with Crippen molar-refractivity contribution < 1.29 is 9.53 Å². The van der Waals surface area contributed by atoms with Crippen LogP contribution in [0.4, 0.5) is 0 Å². The van der Waals surface area contributed by atoms with Crippen molar-refractivity contribution in [3.8, 4) is 0 Å². The lowest BCUT2D eigenvalue weighted by Gasteiger charge is -2.37. The van der Waals surface area contributed by atoms with E-state index in [9.17, 15) is 4.79 Å². The van der Waals surface area contributed by atoms with Crippen molar-refractivity contribution in [2.75, 3.05) is 13.2 Å². The molecular formula is C10H14O2. The molecular weight excluding hydrogens is 152 g/mol. The average Bonchev–Trinajstić information content (AvgIpc) is 2.05. The molecule has 0 bridgehead atoms. The second kappa shape index (κ2) is 3.02. The Morgan fingerprint density at radius 1 is 1.33 bits per heavy atom. The molecule has 0 aromatic carbocycles. The van der Waals surface area contributed by atoms with Gasteiger partial charge in [-0.15, -0.1) is 0 Å². The third-order valence-electron chi connectivity index (χ3n) is 2.96. The zero-order valence-corrected chi connectivity index (χ0v) is 7.21. The van der Waals surface area contributed by atoms with Crippen LogP contribution in [0.3, 0.4) is 0 Å². The number of hydrogen-bond donors (Lipinski definition) is 0. The van der Waals surface area contributed by atoms with Crippen LogP contribution in [0.2, 0.25) is 0 Å². The van der Waals surface area contributed by atoms with E-state index in [1.807, 2.05) is 6.08 Å². The Hall–Kier alpha value is -0.630. The highest BCUT2D eigenvalue weighted by Crippen LogP contribution is 2.40. The van der Waals surface area contributed by atoms with Crippen LogP contribution in [0, 0.1) is 5.41 Å². The highest BCUT2D eigenvalue weighted by molar-refractivity contribution is 5.91. The first kappa shape index (κ1) is 7.99. The Labute approximate surface area is 72.6 Å². The first-order valence-corrected chi connectivity index (χ1v) is 4.58. The number of ether oxygens (including phenoxy) is 1. The number of carbonyl (C=O) groups is 1. The molecule has 2 heteroatoms. The van der Waals surface area contributed by atoms with Gasteiger partial charge in [0.2, 0.25) is 0 Å². The molecule has 2 rings (SSSR count). The fourth-order valence-corrected chi connectivity index (χ4v) is 2.13. The SMILES string of the molecule is O=C1C=CCC2(CCOCC2)C1. The Balaban J connectivity index is 2.09. The lowest BCUT2D eigenvalue weighted by atomic mass is 9.71. The summed E-state index contributed by atoms with van der Waals surface area (Å²) in [7, 11) is 0. The summed E-state index contributed by atoms with van der Waals surface area (Å²) in [6.07, 6.45) is 7.68. The van der Waals surface area contributed by atoms with Crippen molar-refractivity contribution in [3.05, 3.63) is 12.2 Å². The van der Waals surface area contributed by atoms with E-state index in [-0.39, 0.29) is 5.41 Å². The van der Waals surface area contributed by atoms with Crippen LogP contribution in [0.5, 0.6) is 0 Å². The Morgan fingerprint density at radius 3 is 2.75 bits per heavy atom. The third kappa shape index (κ3) is 1.44. The maximum Gasteiger partial charge on any atom is 0.155 e. The summed E-state index contributed by atoms with van der Waals surface area (Å²) < 4.78 is 5.30. The first-order valence-electron chi connectivity index (χ1n) is 4.58. The van der Waals surface area contributed by atoms with Crippen molar-refractivity contribution in [1.29, 1.82) is 0 Å². The second-order valence-corrected chi connectivity index (χ2v) is 3.86.